The molecular formula is C11H12F3NO2S. The molecule has 1 amide bonds. The fourth-order valence-corrected chi connectivity index (χ4v) is 1.40. The molecule has 1 rings (SSSR count). The largest absolute Gasteiger partial charge is 0.411 e. The molecule has 0 atom stereocenters. The molecule has 0 spiro atoms. The van der Waals surface area contributed by atoms with E-state index in [0.717, 1.165) is 0 Å². The molecule has 0 radical (unpaired) electrons. The minimum atomic E-state index is -4.34. The second-order valence-corrected chi connectivity index (χ2v) is 3.99. The SMILES string of the molecule is O=C(NCCOCC(F)(F)F)c1cccc(S)c1. The van der Waals surface area contributed by atoms with Crippen LogP contribution in [0.5, 0.6) is 0 Å². The van der Waals surface area contributed by atoms with Gasteiger partial charge in [0.25, 0.3) is 5.91 Å². The van der Waals surface area contributed by atoms with Crippen LogP contribution in [0.1, 0.15) is 10.4 Å². The highest BCUT2D eigenvalue weighted by Crippen LogP contribution is 2.14. The van der Waals surface area contributed by atoms with Crippen molar-refractivity contribution in [1.29, 1.82) is 0 Å². The molecule has 0 heterocycles. The van der Waals surface area contributed by atoms with E-state index in [1.807, 2.05) is 0 Å². The van der Waals surface area contributed by atoms with Gasteiger partial charge in [-0.1, -0.05) is 6.07 Å². The predicted molar refractivity (Wildman–Crippen MR) is 62.9 cm³/mol. The number of ether oxygens (including phenoxy) is 1. The first-order chi connectivity index (χ1) is 8.38. The number of benzene rings is 1. The van der Waals surface area contributed by atoms with Crippen LogP contribution in [0.15, 0.2) is 29.2 Å². The Labute approximate surface area is 108 Å². The maximum atomic E-state index is 11.7. The second-order valence-electron chi connectivity index (χ2n) is 3.47. The summed E-state index contributed by atoms with van der Waals surface area (Å²) < 4.78 is 39.5. The summed E-state index contributed by atoms with van der Waals surface area (Å²) >= 11 is 4.08. The monoisotopic (exact) mass is 279 g/mol. The number of amides is 1. The Morgan fingerprint density at radius 1 is 1.39 bits per heavy atom. The Bertz CT molecular complexity index is 410. The molecule has 0 aliphatic rings. The summed E-state index contributed by atoms with van der Waals surface area (Å²) in [6.45, 7) is -1.48. The van der Waals surface area contributed by atoms with Gasteiger partial charge in [0, 0.05) is 17.0 Å². The third-order valence-electron chi connectivity index (χ3n) is 1.91. The van der Waals surface area contributed by atoms with E-state index in [4.69, 9.17) is 0 Å². The van der Waals surface area contributed by atoms with Crippen LogP contribution in [0, 0.1) is 0 Å². The molecule has 0 aliphatic heterocycles. The van der Waals surface area contributed by atoms with Gasteiger partial charge in [-0.2, -0.15) is 13.2 Å². The standard InChI is InChI=1S/C11H12F3NO2S/c12-11(13,14)7-17-5-4-15-10(16)8-2-1-3-9(18)6-8/h1-3,6,18H,4-5,7H2,(H,15,16). The van der Waals surface area contributed by atoms with Crippen molar-refractivity contribution in [2.75, 3.05) is 19.8 Å². The Morgan fingerprint density at radius 2 is 2.11 bits per heavy atom. The van der Waals surface area contributed by atoms with Gasteiger partial charge in [-0.15, -0.1) is 12.6 Å². The highest BCUT2D eigenvalue weighted by atomic mass is 32.1. The predicted octanol–water partition coefficient (Wildman–Crippen LogP) is 2.28. The molecule has 1 aromatic rings. The molecule has 100 valence electrons. The molecular weight excluding hydrogens is 267 g/mol. The van der Waals surface area contributed by atoms with Crippen molar-refractivity contribution in [2.45, 2.75) is 11.1 Å². The first-order valence-electron chi connectivity index (χ1n) is 5.10. The number of alkyl halides is 3. The molecule has 0 aliphatic carbocycles. The van der Waals surface area contributed by atoms with Crippen molar-refractivity contribution in [3.05, 3.63) is 29.8 Å². The van der Waals surface area contributed by atoms with E-state index in [9.17, 15) is 18.0 Å². The minimum absolute atomic E-state index is 0.0196. The van der Waals surface area contributed by atoms with Crippen LogP contribution in [0.4, 0.5) is 13.2 Å². The van der Waals surface area contributed by atoms with E-state index in [0.29, 0.717) is 10.5 Å². The third-order valence-corrected chi connectivity index (χ3v) is 2.18. The van der Waals surface area contributed by atoms with Crippen molar-refractivity contribution >= 4 is 18.5 Å². The number of halogens is 3. The van der Waals surface area contributed by atoms with Crippen molar-refractivity contribution in [3.8, 4) is 0 Å². The molecule has 1 aromatic carbocycles. The third kappa shape index (κ3) is 5.92. The summed E-state index contributed by atoms with van der Waals surface area (Å²) in [4.78, 5) is 12.2. The highest BCUT2D eigenvalue weighted by molar-refractivity contribution is 7.80. The quantitative estimate of drug-likeness (QED) is 0.641. The molecule has 0 fully saturated rings. The van der Waals surface area contributed by atoms with Gasteiger partial charge in [0.15, 0.2) is 0 Å². The number of carbonyl (C=O) groups excluding carboxylic acids is 1. The van der Waals surface area contributed by atoms with Crippen LogP contribution >= 0.6 is 12.6 Å². The maximum Gasteiger partial charge on any atom is 0.411 e. The van der Waals surface area contributed by atoms with Crippen molar-refractivity contribution in [3.63, 3.8) is 0 Å². The topological polar surface area (TPSA) is 38.3 Å². The number of carbonyl (C=O) groups is 1. The zero-order chi connectivity index (χ0) is 13.6. The molecule has 0 bridgehead atoms. The lowest BCUT2D eigenvalue weighted by Crippen LogP contribution is -2.28. The molecule has 1 N–H and O–H groups in total. The first-order valence-corrected chi connectivity index (χ1v) is 5.55. The van der Waals surface area contributed by atoms with Gasteiger partial charge in [-0.3, -0.25) is 4.79 Å². The summed E-state index contributed by atoms with van der Waals surface area (Å²) in [6, 6.07) is 6.53. The Balaban J connectivity index is 2.26. The summed E-state index contributed by atoms with van der Waals surface area (Å²) in [5.41, 5.74) is 0.401. The van der Waals surface area contributed by atoms with Gasteiger partial charge in [0.05, 0.1) is 6.61 Å². The lowest BCUT2D eigenvalue weighted by molar-refractivity contribution is -0.173. The Morgan fingerprint density at radius 3 is 2.72 bits per heavy atom. The lowest BCUT2D eigenvalue weighted by atomic mass is 10.2. The van der Waals surface area contributed by atoms with Crippen molar-refractivity contribution < 1.29 is 22.7 Å². The van der Waals surface area contributed by atoms with Gasteiger partial charge in [0.1, 0.15) is 6.61 Å². The van der Waals surface area contributed by atoms with E-state index >= 15 is 0 Å². The van der Waals surface area contributed by atoms with Crippen LogP contribution in [0.25, 0.3) is 0 Å². The highest BCUT2D eigenvalue weighted by Gasteiger charge is 2.27. The van der Waals surface area contributed by atoms with Gasteiger partial charge < -0.3 is 10.1 Å². The van der Waals surface area contributed by atoms with Crippen LogP contribution in [-0.4, -0.2) is 31.8 Å². The minimum Gasteiger partial charge on any atom is -0.370 e. The van der Waals surface area contributed by atoms with Gasteiger partial charge in [0.2, 0.25) is 0 Å². The van der Waals surface area contributed by atoms with E-state index in [1.165, 1.54) is 0 Å². The van der Waals surface area contributed by atoms with E-state index in [-0.39, 0.29) is 19.1 Å². The summed E-state index contributed by atoms with van der Waals surface area (Å²) in [5.74, 6) is -0.374. The molecule has 18 heavy (non-hydrogen) atoms. The first kappa shape index (κ1) is 14.8. The average molecular weight is 279 g/mol. The van der Waals surface area contributed by atoms with Crippen LogP contribution < -0.4 is 5.32 Å². The molecule has 7 heteroatoms. The second kappa shape index (κ2) is 6.65. The smallest absolute Gasteiger partial charge is 0.370 e. The number of nitrogens with one attached hydrogen (secondary N) is 1. The normalized spacial score (nSPS) is 11.3. The molecule has 0 aromatic heterocycles. The average Bonchev–Trinajstić information content (AvgIpc) is 2.26. The lowest BCUT2D eigenvalue weighted by Gasteiger charge is -2.08. The molecule has 0 saturated carbocycles. The Kier molecular flexibility index (Phi) is 5.49. The van der Waals surface area contributed by atoms with E-state index in [1.54, 1.807) is 24.3 Å². The van der Waals surface area contributed by atoms with Gasteiger partial charge >= 0.3 is 6.18 Å². The van der Waals surface area contributed by atoms with Crippen LogP contribution in [0.3, 0.4) is 0 Å². The fourth-order valence-electron chi connectivity index (χ4n) is 1.17. The van der Waals surface area contributed by atoms with Crippen LogP contribution in [-0.2, 0) is 4.74 Å². The zero-order valence-electron chi connectivity index (χ0n) is 9.33. The zero-order valence-corrected chi connectivity index (χ0v) is 10.2. The number of hydrogen-bond donors (Lipinski definition) is 2. The summed E-state index contributed by atoms with van der Waals surface area (Å²) in [5, 5.41) is 2.45. The number of thiol groups is 1. The summed E-state index contributed by atoms with van der Waals surface area (Å²) in [7, 11) is 0. The van der Waals surface area contributed by atoms with Gasteiger partial charge in [-0.05, 0) is 18.2 Å². The van der Waals surface area contributed by atoms with E-state index < -0.39 is 12.8 Å². The van der Waals surface area contributed by atoms with Crippen molar-refractivity contribution in [1.82, 2.24) is 5.32 Å². The fraction of sp³-hybridized carbons (Fsp3) is 0.364. The maximum absolute atomic E-state index is 11.7. The van der Waals surface area contributed by atoms with E-state index in [2.05, 4.69) is 22.7 Å². The van der Waals surface area contributed by atoms with Crippen molar-refractivity contribution in [2.24, 2.45) is 0 Å². The summed E-state index contributed by atoms with van der Waals surface area (Å²) in [6.07, 6.45) is -4.34. The Hall–Kier alpha value is -1.21. The molecule has 0 unspecified atom stereocenters. The number of hydrogen-bond acceptors (Lipinski definition) is 3. The molecule has 3 nitrogen and oxygen atoms in total. The van der Waals surface area contributed by atoms with Gasteiger partial charge in [-0.25, -0.2) is 0 Å². The molecule has 0 saturated heterocycles. The van der Waals surface area contributed by atoms with Crippen LogP contribution in [0.2, 0.25) is 0 Å². The number of rotatable bonds is 5.